The molecular weight excluding hydrogens is 282 g/mol. The molecule has 1 aromatic heterocycles. The van der Waals surface area contributed by atoms with E-state index in [1.807, 2.05) is 36.6 Å². The third-order valence-corrected chi connectivity index (χ3v) is 4.43. The van der Waals surface area contributed by atoms with Crippen LogP contribution in [0.15, 0.2) is 29.6 Å². The molecule has 3 nitrogen and oxygen atoms in total. The molecule has 1 heterocycles. The summed E-state index contributed by atoms with van der Waals surface area (Å²) < 4.78 is 0. The van der Waals surface area contributed by atoms with Crippen molar-refractivity contribution in [3.05, 3.63) is 56.2 Å². The average Bonchev–Trinajstić information content (AvgIpc) is 2.77. The van der Waals surface area contributed by atoms with Gasteiger partial charge in [-0.05, 0) is 29.0 Å². The Balaban J connectivity index is 2.02. The maximum absolute atomic E-state index is 12.0. The Labute approximate surface area is 120 Å². The van der Waals surface area contributed by atoms with Crippen LogP contribution in [0.3, 0.4) is 0 Å². The van der Waals surface area contributed by atoms with Gasteiger partial charge in [0.2, 0.25) is 0 Å². The van der Waals surface area contributed by atoms with Gasteiger partial charge in [-0.1, -0.05) is 35.9 Å². The van der Waals surface area contributed by atoms with Crippen LogP contribution in [0.4, 0.5) is 0 Å². The number of carbonyl (C=O) groups excluding carboxylic acids is 1. The number of benzene rings is 1. The Morgan fingerprint density at radius 2 is 2.16 bits per heavy atom. The third kappa shape index (κ3) is 3.35. The third-order valence-electron chi connectivity index (χ3n) is 2.73. The summed E-state index contributed by atoms with van der Waals surface area (Å²) in [6, 6.07) is 7.46. The van der Waals surface area contributed by atoms with Crippen LogP contribution in [0.1, 0.15) is 26.4 Å². The molecule has 2 aromatic rings. The van der Waals surface area contributed by atoms with Crippen molar-refractivity contribution in [3.63, 3.8) is 0 Å². The van der Waals surface area contributed by atoms with Crippen molar-refractivity contribution in [1.82, 2.24) is 5.32 Å². The number of hydrogen-bond donors (Lipinski definition) is 2. The minimum atomic E-state index is -0.169. The van der Waals surface area contributed by atoms with Crippen LogP contribution in [0.2, 0.25) is 5.02 Å². The second-order valence-electron chi connectivity index (χ2n) is 4.22. The number of rotatable bonds is 4. The van der Waals surface area contributed by atoms with Crippen LogP contribution >= 0.6 is 22.9 Å². The van der Waals surface area contributed by atoms with E-state index in [1.54, 1.807) is 0 Å². The van der Waals surface area contributed by atoms with E-state index >= 15 is 0 Å². The Morgan fingerprint density at radius 1 is 1.42 bits per heavy atom. The van der Waals surface area contributed by atoms with Crippen LogP contribution in [0.25, 0.3) is 0 Å². The maximum atomic E-state index is 12.0. The predicted octanol–water partition coefficient (Wildman–Crippen LogP) is 3.13. The lowest BCUT2D eigenvalue weighted by atomic mass is 10.1. The molecule has 0 atom stereocenters. The average molecular weight is 296 g/mol. The van der Waals surface area contributed by atoms with Crippen molar-refractivity contribution >= 4 is 28.8 Å². The lowest BCUT2D eigenvalue weighted by molar-refractivity contribution is 0.0955. The van der Waals surface area contributed by atoms with Gasteiger partial charge in [0.1, 0.15) is 4.88 Å². The summed E-state index contributed by atoms with van der Waals surface area (Å²) in [7, 11) is 0. The first-order valence-corrected chi connectivity index (χ1v) is 7.08. The molecule has 1 aromatic carbocycles. The van der Waals surface area contributed by atoms with Crippen LogP contribution in [0, 0.1) is 6.92 Å². The number of halogens is 1. The summed E-state index contributed by atoms with van der Waals surface area (Å²) >= 11 is 7.39. The highest BCUT2D eigenvalue weighted by atomic mass is 35.5. The second-order valence-corrected chi connectivity index (χ2v) is 5.48. The van der Waals surface area contributed by atoms with Crippen molar-refractivity contribution in [2.24, 2.45) is 0 Å². The lowest BCUT2D eigenvalue weighted by Gasteiger charge is -2.06. The highest BCUT2D eigenvalue weighted by molar-refractivity contribution is 7.13. The van der Waals surface area contributed by atoms with Gasteiger partial charge in [-0.25, -0.2) is 0 Å². The number of nitrogens with one attached hydrogen (secondary N) is 1. The molecule has 2 rings (SSSR count). The van der Waals surface area contributed by atoms with Crippen molar-refractivity contribution in [1.29, 1.82) is 0 Å². The topological polar surface area (TPSA) is 49.3 Å². The molecule has 0 unspecified atom stereocenters. The fourth-order valence-electron chi connectivity index (χ4n) is 1.68. The number of thiophene rings is 1. The van der Waals surface area contributed by atoms with Crippen LogP contribution in [-0.2, 0) is 13.2 Å². The zero-order valence-corrected chi connectivity index (χ0v) is 12.0. The van der Waals surface area contributed by atoms with E-state index in [2.05, 4.69) is 5.32 Å². The monoisotopic (exact) mass is 295 g/mol. The van der Waals surface area contributed by atoms with Crippen LogP contribution in [0.5, 0.6) is 0 Å². The lowest BCUT2D eigenvalue weighted by Crippen LogP contribution is -2.22. The molecular formula is C14H14ClNO2S. The van der Waals surface area contributed by atoms with Gasteiger partial charge >= 0.3 is 0 Å². The van der Waals surface area contributed by atoms with Crippen molar-refractivity contribution in [3.8, 4) is 0 Å². The number of aliphatic hydroxyl groups is 1. The summed E-state index contributed by atoms with van der Waals surface area (Å²) in [5.74, 6) is -0.169. The summed E-state index contributed by atoms with van der Waals surface area (Å²) in [6.45, 7) is 2.29. The van der Waals surface area contributed by atoms with E-state index in [0.29, 0.717) is 16.4 Å². The Bertz CT molecular complexity index is 595. The molecule has 100 valence electrons. The van der Waals surface area contributed by atoms with Gasteiger partial charge in [-0.3, -0.25) is 4.79 Å². The quantitative estimate of drug-likeness (QED) is 0.910. The molecule has 0 fully saturated rings. The Hall–Kier alpha value is -1.36. The van der Waals surface area contributed by atoms with E-state index in [4.69, 9.17) is 16.7 Å². The normalized spacial score (nSPS) is 10.5. The fraction of sp³-hybridized carbons (Fsp3) is 0.214. The molecule has 0 radical (unpaired) electrons. The van der Waals surface area contributed by atoms with Crippen LogP contribution in [-0.4, -0.2) is 11.0 Å². The van der Waals surface area contributed by atoms with Crippen molar-refractivity contribution in [2.75, 3.05) is 0 Å². The standard InChI is InChI=1S/C14H14ClNO2S/c1-9-8-19-13(12(9)15)14(18)16-6-10-3-2-4-11(5-10)7-17/h2-5,8,17H,6-7H2,1H3,(H,16,18). The Morgan fingerprint density at radius 3 is 2.79 bits per heavy atom. The van der Waals surface area contributed by atoms with Gasteiger partial charge in [-0.15, -0.1) is 11.3 Å². The molecule has 5 heteroatoms. The van der Waals surface area contributed by atoms with Gasteiger partial charge in [-0.2, -0.15) is 0 Å². The summed E-state index contributed by atoms with van der Waals surface area (Å²) in [5, 5.41) is 14.3. The van der Waals surface area contributed by atoms with E-state index in [-0.39, 0.29) is 12.5 Å². The van der Waals surface area contributed by atoms with Crippen LogP contribution < -0.4 is 5.32 Å². The fourth-order valence-corrected chi connectivity index (χ4v) is 2.88. The summed E-state index contributed by atoms with van der Waals surface area (Å²) in [6.07, 6.45) is 0. The number of carbonyl (C=O) groups is 1. The molecule has 0 aliphatic carbocycles. The van der Waals surface area contributed by atoms with Gasteiger partial charge in [0.05, 0.1) is 11.6 Å². The molecule has 0 saturated carbocycles. The smallest absolute Gasteiger partial charge is 0.263 e. The van der Waals surface area contributed by atoms with E-state index < -0.39 is 0 Å². The zero-order chi connectivity index (χ0) is 13.8. The second kappa shape index (κ2) is 6.19. The SMILES string of the molecule is Cc1csc(C(=O)NCc2cccc(CO)c2)c1Cl. The first kappa shape index (κ1) is 14.1. The van der Waals surface area contributed by atoms with E-state index in [9.17, 15) is 4.79 Å². The molecule has 0 bridgehead atoms. The highest BCUT2D eigenvalue weighted by Gasteiger charge is 2.14. The van der Waals surface area contributed by atoms with E-state index in [0.717, 1.165) is 16.7 Å². The number of aryl methyl sites for hydroxylation is 1. The molecule has 2 N–H and O–H groups in total. The minimum Gasteiger partial charge on any atom is -0.392 e. The van der Waals surface area contributed by atoms with E-state index in [1.165, 1.54) is 11.3 Å². The number of amides is 1. The van der Waals surface area contributed by atoms with Gasteiger partial charge in [0.15, 0.2) is 0 Å². The minimum absolute atomic E-state index is 0.00225. The summed E-state index contributed by atoms with van der Waals surface area (Å²) in [4.78, 5) is 12.5. The molecule has 0 aliphatic rings. The molecule has 0 spiro atoms. The molecule has 1 amide bonds. The zero-order valence-electron chi connectivity index (χ0n) is 10.4. The number of hydrogen-bond acceptors (Lipinski definition) is 3. The van der Waals surface area contributed by atoms with Gasteiger partial charge < -0.3 is 10.4 Å². The number of aliphatic hydroxyl groups excluding tert-OH is 1. The first-order valence-electron chi connectivity index (χ1n) is 5.82. The summed E-state index contributed by atoms with van der Waals surface area (Å²) in [5.41, 5.74) is 2.69. The van der Waals surface area contributed by atoms with Gasteiger partial charge in [0, 0.05) is 6.54 Å². The highest BCUT2D eigenvalue weighted by Crippen LogP contribution is 2.26. The largest absolute Gasteiger partial charge is 0.392 e. The molecule has 19 heavy (non-hydrogen) atoms. The van der Waals surface area contributed by atoms with Crippen molar-refractivity contribution < 1.29 is 9.90 Å². The van der Waals surface area contributed by atoms with Crippen molar-refractivity contribution in [2.45, 2.75) is 20.1 Å². The Kier molecular flexibility index (Phi) is 4.58. The predicted molar refractivity (Wildman–Crippen MR) is 77.6 cm³/mol. The van der Waals surface area contributed by atoms with Gasteiger partial charge in [0.25, 0.3) is 5.91 Å². The molecule has 0 saturated heterocycles. The molecule has 0 aliphatic heterocycles. The first-order chi connectivity index (χ1) is 9.11. The maximum Gasteiger partial charge on any atom is 0.263 e.